The molecule has 0 unspecified atom stereocenters. The summed E-state index contributed by atoms with van der Waals surface area (Å²) >= 11 is 0. The van der Waals surface area contributed by atoms with Crippen LogP contribution in [0.4, 0.5) is 26.3 Å². The summed E-state index contributed by atoms with van der Waals surface area (Å²) in [7, 11) is -4.01. The Bertz CT molecular complexity index is 1060. The Labute approximate surface area is 186 Å². The monoisotopic (exact) mass is 497 g/mol. The Hall–Kier alpha value is -2.31. The first-order chi connectivity index (χ1) is 15.2. The molecule has 2 aromatic rings. The van der Waals surface area contributed by atoms with Gasteiger partial charge in [0.2, 0.25) is 10.0 Å². The molecule has 5 nitrogen and oxygen atoms in total. The Morgan fingerprint density at radius 1 is 0.970 bits per heavy atom. The van der Waals surface area contributed by atoms with Crippen molar-refractivity contribution >= 4 is 10.0 Å². The molecule has 1 heterocycles. The lowest BCUT2D eigenvalue weighted by atomic mass is 9.75. The Balaban J connectivity index is 1.70. The number of aliphatic hydroxyl groups is 1. The van der Waals surface area contributed by atoms with E-state index < -0.39 is 39.3 Å². The van der Waals surface area contributed by atoms with Crippen LogP contribution in [-0.2, 0) is 22.6 Å². The molecule has 0 aromatic heterocycles. The third-order valence-corrected chi connectivity index (χ3v) is 7.56. The van der Waals surface area contributed by atoms with Gasteiger partial charge in [-0.25, -0.2) is 8.42 Å². The predicted molar refractivity (Wildman–Crippen MR) is 106 cm³/mol. The molecule has 1 saturated heterocycles. The lowest BCUT2D eigenvalue weighted by Crippen LogP contribution is -2.45. The van der Waals surface area contributed by atoms with Crippen LogP contribution in [0.15, 0.2) is 53.4 Å². The van der Waals surface area contributed by atoms with Crippen molar-refractivity contribution in [2.75, 3.05) is 19.7 Å². The molecule has 0 spiro atoms. The molecule has 2 aromatic carbocycles. The van der Waals surface area contributed by atoms with Crippen molar-refractivity contribution in [1.29, 1.82) is 0 Å². The molecule has 0 radical (unpaired) electrons. The standard InChI is InChI=1S/C21H21F6NO4S/c22-20(23,24)16-3-1-2-15(12-16)13-19(14-29)8-10-28(11-9-19)33(30,31)18-6-4-17(5-7-18)32-21(25,26)27/h1-7,12,29H,8-11,13-14H2. The van der Waals surface area contributed by atoms with Crippen LogP contribution in [0.3, 0.4) is 0 Å². The number of hydrogen-bond acceptors (Lipinski definition) is 4. The van der Waals surface area contributed by atoms with Crippen LogP contribution in [-0.4, -0.2) is 43.9 Å². The van der Waals surface area contributed by atoms with Gasteiger partial charge in [0.25, 0.3) is 0 Å². The number of benzene rings is 2. The lowest BCUT2D eigenvalue weighted by molar-refractivity contribution is -0.274. The topological polar surface area (TPSA) is 66.8 Å². The van der Waals surface area contributed by atoms with Crippen LogP contribution in [0.25, 0.3) is 0 Å². The zero-order chi connectivity index (χ0) is 24.5. The van der Waals surface area contributed by atoms with Gasteiger partial charge in [0.05, 0.1) is 10.5 Å². The van der Waals surface area contributed by atoms with Gasteiger partial charge in [0.1, 0.15) is 5.75 Å². The van der Waals surface area contributed by atoms with Crippen LogP contribution in [0, 0.1) is 5.41 Å². The third-order valence-electron chi connectivity index (χ3n) is 5.65. The fourth-order valence-electron chi connectivity index (χ4n) is 3.84. The fraction of sp³-hybridized carbons (Fsp3) is 0.429. The van der Waals surface area contributed by atoms with Crippen LogP contribution in [0.1, 0.15) is 24.0 Å². The van der Waals surface area contributed by atoms with Crippen LogP contribution < -0.4 is 4.74 Å². The van der Waals surface area contributed by atoms with E-state index >= 15 is 0 Å². The SMILES string of the molecule is O=S(=O)(c1ccc(OC(F)(F)F)cc1)N1CCC(CO)(Cc2cccc(C(F)(F)F)c2)CC1. The molecule has 12 heteroatoms. The maximum atomic E-state index is 13.0. The van der Waals surface area contributed by atoms with Crippen molar-refractivity contribution in [1.82, 2.24) is 4.31 Å². The molecule has 182 valence electrons. The van der Waals surface area contributed by atoms with Gasteiger partial charge in [-0.1, -0.05) is 18.2 Å². The fourth-order valence-corrected chi connectivity index (χ4v) is 5.29. The second-order valence-electron chi connectivity index (χ2n) is 7.96. The quantitative estimate of drug-likeness (QED) is 0.592. The number of piperidine rings is 1. The largest absolute Gasteiger partial charge is 0.573 e. The van der Waals surface area contributed by atoms with Crippen molar-refractivity contribution in [3.8, 4) is 5.75 Å². The molecular formula is C21H21F6NO4S. The first-order valence-corrected chi connectivity index (χ1v) is 11.3. The highest BCUT2D eigenvalue weighted by Crippen LogP contribution is 2.38. The van der Waals surface area contributed by atoms with E-state index in [1.807, 2.05) is 0 Å². The number of nitrogens with zero attached hydrogens (tertiary/aromatic N) is 1. The highest BCUT2D eigenvalue weighted by molar-refractivity contribution is 7.89. The summed E-state index contributed by atoms with van der Waals surface area (Å²) in [6, 6.07) is 8.60. The number of aliphatic hydroxyl groups excluding tert-OH is 1. The van der Waals surface area contributed by atoms with Crippen molar-refractivity contribution in [3.63, 3.8) is 0 Å². The van der Waals surface area contributed by atoms with Gasteiger partial charge >= 0.3 is 12.5 Å². The molecule has 0 atom stereocenters. The van der Waals surface area contributed by atoms with Gasteiger partial charge in [0.15, 0.2) is 0 Å². The lowest BCUT2D eigenvalue weighted by Gasteiger charge is -2.40. The second-order valence-corrected chi connectivity index (χ2v) is 9.89. The summed E-state index contributed by atoms with van der Waals surface area (Å²) in [6.45, 7) is -0.327. The molecule has 3 rings (SSSR count). The van der Waals surface area contributed by atoms with Gasteiger partial charge in [-0.05, 0) is 60.6 Å². The molecule has 0 aliphatic carbocycles. The first kappa shape index (κ1) is 25.3. The first-order valence-electron chi connectivity index (χ1n) is 9.87. The molecule has 33 heavy (non-hydrogen) atoms. The minimum atomic E-state index is -4.90. The zero-order valence-corrected chi connectivity index (χ0v) is 18.0. The Kier molecular flexibility index (Phi) is 7.02. The summed E-state index contributed by atoms with van der Waals surface area (Å²) in [5.41, 5.74) is -1.21. The minimum absolute atomic E-state index is 0.00264. The smallest absolute Gasteiger partial charge is 0.406 e. The Morgan fingerprint density at radius 3 is 2.09 bits per heavy atom. The van der Waals surface area contributed by atoms with Crippen LogP contribution in [0.5, 0.6) is 5.75 Å². The summed E-state index contributed by atoms with van der Waals surface area (Å²) in [5.74, 6) is -0.555. The third kappa shape index (κ3) is 6.18. The number of halogens is 6. The van der Waals surface area contributed by atoms with E-state index in [9.17, 15) is 39.9 Å². The summed E-state index contributed by atoms with van der Waals surface area (Å²) < 4.78 is 106. The molecule has 1 fully saturated rings. The molecule has 1 aliphatic heterocycles. The predicted octanol–water partition coefficient (Wildman–Crippen LogP) is 4.61. The number of alkyl halides is 6. The average Bonchev–Trinajstić information content (AvgIpc) is 2.73. The molecule has 0 saturated carbocycles. The zero-order valence-electron chi connectivity index (χ0n) is 17.2. The Morgan fingerprint density at radius 2 is 1.58 bits per heavy atom. The summed E-state index contributed by atoms with van der Waals surface area (Å²) in [6.07, 6.45) is -8.85. The van der Waals surface area contributed by atoms with E-state index in [-0.39, 0.29) is 43.9 Å². The molecule has 0 amide bonds. The van der Waals surface area contributed by atoms with E-state index in [0.29, 0.717) is 5.56 Å². The normalized spacial score (nSPS) is 17.7. The highest BCUT2D eigenvalue weighted by atomic mass is 32.2. The number of rotatable bonds is 6. The van der Waals surface area contributed by atoms with Gasteiger partial charge in [-0.2, -0.15) is 17.5 Å². The van der Waals surface area contributed by atoms with Crippen molar-refractivity contribution in [3.05, 3.63) is 59.7 Å². The number of ether oxygens (including phenoxy) is 1. The van der Waals surface area contributed by atoms with Gasteiger partial charge < -0.3 is 9.84 Å². The van der Waals surface area contributed by atoms with Gasteiger partial charge in [-0.3, -0.25) is 0 Å². The van der Waals surface area contributed by atoms with Crippen molar-refractivity contribution in [2.24, 2.45) is 5.41 Å². The van der Waals surface area contributed by atoms with Crippen molar-refractivity contribution < 1.29 is 44.6 Å². The molecule has 1 aliphatic rings. The second kappa shape index (κ2) is 9.15. The van der Waals surface area contributed by atoms with E-state index in [1.165, 1.54) is 12.1 Å². The number of sulfonamides is 1. The molecule has 0 bridgehead atoms. The van der Waals surface area contributed by atoms with Crippen LogP contribution in [0.2, 0.25) is 0 Å². The van der Waals surface area contributed by atoms with E-state index in [1.54, 1.807) is 0 Å². The summed E-state index contributed by atoms with van der Waals surface area (Å²) in [4.78, 5) is -0.216. The van der Waals surface area contributed by atoms with E-state index in [0.717, 1.165) is 40.7 Å². The molecule has 1 N–H and O–H groups in total. The number of hydrogen-bond donors (Lipinski definition) is 1. The summed E-state index contributed by atoms with van der Waals surface area (Å²) in [5, 5.41) is 9.97. The van der Waals surface area contributed by atoms with E-state index in [2.05, 4.69) is 4.74 Å². The maximum Gasteiger partial charge on any atom is 0.573 e. The van der Waals surface area contributed by atoms with Gasteiger partial charge in [0, 0.05) is 19.7 Å². The van der Waals surface area contributed by atoms with Gasteiger partial charge in [-0.15, -0.1) is 13.2 Å². The minimum Gasteiger partial charge on any atom is -0.406 e. The van der Waals surface area contributed by atoms with Crippen LogP contribution >= 0.6 is 0 Å². The average molecular weight is 497 g/mol. The maximum absolute atomic E-state index is 13.0. The molecular weight excluding hydrogens is 476 g/mol. The highest BCUT2D eigenvalue weighted by Gasteiger charge is 2.39. The van der Waals surface area contributed by atoms with Crippen molar-refractivity contribution in [2.45, 2.75) is 36.7 Å². The van der Waals surface area contributed by atoms with E-state index in [4.69, 9.17) is 0 Å².